The molecule has 0 aromatic carbocycles. The van der Waals surface area contributed by atoms with E-state index in [-0.39, 0.29) is 6.04 Å². The molecule has 19 heavy (non-hydrogen) atoms. The molecule has 112 valence electrons. The Morgan fingerprint density at radius 2 is 1.95 bits per heavy atom. The first-order valence-corrected chi connectivity index (χ1v) is 8.00. The van der Waals surface area contributed by atoms with E-state index in [4.69, 9.17) is 4.74 Å². The fraction of sp³-hybridized carbons (Fsp3) is 0.938. The van der Waals surface area contributed by atoms with E-state index >= 15 is 0 Å². The van der Waals surface area contributed by atoms with Crippen LogP contribution >= 0.6 is 0 Å². The first kappa shape index (κ1) is 16.6. The van der Waals surface area contributed by atoms with Crippen LogP contribution in [0.15, 0.2) is 0 Å². The second kappa shape index (κ2) is 9.49. The van der Waals surface area contributed by atoms with E-state index in [0.717, 1.165) is 38.2 Å². The Hall–Kier alpha value is -0.410. The van der Waals surface area contributed by atoms with E-state index < -0.39 is 0 Å². The molecule has 1 aliphatic carbocycles. The maximum atomic E-state index is 11.7. The van der Waals surface area contributed by atoms with Crippen molar-refractivity contribution < 1.29 is 9.53 Å². The molecule has 3 atom stereocenters. The Labute approximate surface area is 118 Å². The predicted molar refractivity (Wildman–Crippen MR) is 79.4 cm³/mol. The van der Waals surface area contributed by atoms with Gasteiger partial charge in [-0.25, -0.2) is 0 Å². The summed E-state index contributed by atoms with van der Waals surface area (Å²) in [7, 11) is 1.71. The largest absolute Gasteiger partial charge is 0.385 e. The minimum absolute atomic E-state index is 0.197. The van der Waals surface area contributed by atoms with E-state index in [2.05, 4.69) is 19.2 Å². The molecule has 0 amide bonds. The zero-order valence-electron chi connectivity index (χ0n) is 12.9. The number of ketones is 1. The Morgan fingerprint density at radius 1 is 1.21 bits per heavy atom. The topological polar surface area (TPSA) is 38.3 Å². The maximum Gasteiger partial charge on any atom is 0.149 e. The Bertz CT molecular complexity index is 239. The molecule has 3 unspecified atom stereocenters. The first-order valence-electron chi connectivity index (χ1n) is 8.00. The smallest absolute Gasteiger partial charge is 0.149 e. The SMILES string of the molecule is CCCC(=O)C1CC2CCCCC2N1.CCCOC. The molecular weight excluding hydrogens is 238 g/mol. The van der Waals surface area contributed by atoms with Crippen LogP contribution in [0.5, 0.6) is 0 Å². The van der Waals surface area contributed by atoms with Crippen LogP contribution in [0.2, 0.25) is 0 Å². The molecule has 3 nitrogen and oxygen atoms in total. The average molecular weight is 269 g/mol. The van der Waals surface area contributed by atoms with Crippen LogP contribution in [0.1, 0.15) is 65.2 Å². The van der Waals surface area contributed by atoms with Crippen molar-refractivity contribution in [2.24, 2.45) is 5.92 Å². The second-order valence-corrected chi connectivity index (χ2v) is 5.82. The van der Waals surface area contributed by atoms with Crippen LogP contribution < -0.4 is 5.32 Å². The molecule has 0 aromatic rings. The Balaban J connectivity index is 0.000000312. The molecule has 2 rings (SSSR count). The van der Waals surface area contributed by atoms with Crippen LogP contribution in [0.25, 0.3) is 0 Å². The van der Waals surface area contributed by atoms with Gasteiger partial charge in [0.15, 0.2) is 0 Å². The summed E-state index contributed by atoms with van der Waals surface area (Å²) in [5.41, 5.74) is 0. The van der Waals surface area contributed by atoms with Gasteiger partial charge in [-0.15, -0.1) is 0 Å². The average Bonchev–Trinajstić information content (AvgIpc) is 2.84. The van der Waals surface area contributed by atoms with Crippen LogP contribution in [0.3, 0.4) is 0 Å². The monoisotopic (exact) mass is 269 g/mol. The molecular formula is C16H31NO2. The van der Waals surface area contributed by atoms with Gasteiger partial charge in [0.1, 0.15) is 5.78 Å². The number of methoxy groups -OCH3 is 1. The molecule has 0 bridgehead atoms. The van der Waals surface area contributed by atoms with Gasteiger partial charge in [0.25, 0.3) is 0 Å². The van der Waals surface area contributed by atoms with Crippen molar-refractivity contribution in [3.63, 3.8) is 0 Å². The molecule has 1 saturated carbocycles. The highest BCUT2D eigenvalue weighted by Crippen LogP contribution is 2.33. The van der Waals surface area contributed by atoms with Gasteiger partial charge in [-0.1, -0.05) is 26.7 Å². The van der Waals surface area contributed by atoms with Crippen LogP contribution in [0, 0.1) is 5.92 Å². The van der Waals surface area contributed by atoms with Crippen molar-refractivity contribution in [3.8, 4) is 0 Å². The van der Waals surface area contributed by atoms with Crippen molar-refractivity contribution in [1.29, 1.82) is 0 Å². The summed E-state index contributed by atoms with van der Waals surface area (Å²) in [5.74, 6) is 1.25. The van der Waals surface area contributed by atoms with Gasteiger partial charge in [0, 0.05) is 26.2 Å². The predicted octanol–water partition coefficient (Wildman–Crippen LogP) is 3.32. The van der Waals surface area contributed by atoms with E-state index in [1.54, 1.807) is 7.11 Å². The summed E-state index contributed by atoms with van der Waals surface area (Å²) < 4.78 is 4.69. The number of Topliss-reactive ketones (excluding diaryl/α,β-unsaturated/α-hetero) is 1. The quantitative estimate of drug-likeness (QED) is 0.832. The molecule has 2 fully saturated rings. The number of carbonyl (C=O) groups excluding carboxylic acids is 1. The van der Waals surface area contributed by atoms with Crippen LogP contribution in [0.4, 0.5) is 0 Å². The number of rotatable bonds is 5. The summed E-state index contributed by atoms with van der Waals surface area (Å²) in [6.45, 7) is 5.06. The molecule has 0 radical (unpaired) electrons. The van der Waals surface area contributed by atoms with Gasteiger partial charge in [-0.3, -0.25) is 4.79 Å². The lowest BCUT2D eigenvalue weighted by Crippen LogP contribution is -2.37. The minimum atomic E-state index is 0.197. The number of hydrogen-bond acceptors (Lipinski definition) is 3. The summed E-state index contributed by atoms with van der Waals surface area (Å²) in [5, 5.41) is 3.53. The first-order chi connectivity index (χ1) is 9.22. The van der Waals surface area contributed by atoms with E-state index in [0.29, 0.717) is 11.8 Å². The summed E-state index contributed by atoms with van der Waals surface area (Å²) in [6.07, 6.45) is 9.35. The number of hydrogen-bond donors (Lipinski definition) is 1. The normalized spacial score (nSPS) is 29.3. The lowest BCUT2D eigenvalue weighted by molar-refractivity contribution is -0.120. The fourth-order valence-electron chi connectivity index (χ4n) is 3.19. The van der Waals surface area contributed by atoms with Gasteiger partial charge in [0.05, 0.1) is 6.04 Å². The maximum absolute atomic E-state index is 11.7. The number of fused-ring (bicyclic) bond motifs is 1. The molecule has 1 saturated heterocycles. The van der Waals surface area contributed by atoms with Crippen molar-refractivity contribution >= 4 is 5.78 Å². The highest BCUT2D eigenvalue weighted by molar-refractivity contribution is 5.84. The van der Waals surface area contributed by atoms with E-state index in [9.17, 15) is 4.79 Å². The molecule has 1 heterocycles. The van der Waals surface area contributed by atoms with Gasteiger partial charge in [-0.2, -0.15) is 0 Å². The van der Waals surface area contributed by atoms with Crippen molar-refractivity contribution in [3.05, 3.63) is 0 Å². The van der Waals surface area contributed by atoms with Crippen molar-refractivity contribution in [2.45, 2.75) is 77.3 Å². The van der Waals surface area contributed by atoms with Gasteiger partial charge in [0.2, 0.25) is 0 Å². The summed E-state index contributed by atoms with van der Waals surface area (Å²) in [6, 6.07) is 0.859. The van der Waals surface area contributed by atoms with Gasteiger partial charge < -0.3 is 10.1 Å². The molecule has 1 N–H and O–H groups in total. The Kier molecular flexibility index (Phi) is 8.31. The minimum Gasteiger partial charge on any atom is -0.385 e. The third-order valence-electron chi connectivity index (χ3n) is 4.16. The van der Waals surface area contributed by atoms with Gasteiger partial charge >= 0.3 is 0 Å². The Morgan fingerprint density at radius 3 is 2.47 bits per heavy atom. The molecule has 1 aliphatic heterocycles. The highest BCUT2D eigenvalue weighted by atomic mass is 16.5. The summed E-state index contributed by atoms with van der Waals surface area (Å²) >= 11 is 0. The van der Waals surface area contributed by atoms with Crippen molar-refractivity contribution in [2.75, 3.05) is 13.7 Å². The fourth-order valence-corrected chi connectivity index (χ4v) is 3.19. The van der Waals surface area contributed by atoms with Crippen LogP contribution in [-0.4, -0.2) is 31.6 Å². The van der Waals surface area contributed by atoms with E-state index in [1.165, 1.54) is 25.7 Å². The molecule has 2 aliphatic rings. The number of nitrogens with one attached hydrogen (secondary N) is 1. The van der Waals surface area contributed by atoms with Gasteiger partial charge in [-0.05, 0) is 38.0 Å². The zero-order chi connectivity index (χ0) is 14.1. The summed E-state index contributed by atoms with van der Waals surface area (Å²) in [4.78, 5) is 11.7. The van der Waals surface area contributed by atoms with E-state index in [1.807, 2.05) is 0 Å². The lowest BCUT2D eigenvalue weighted by atomic mass is 9.84. The molecule has 0 aromatic heterocycles. The third kappa shape index (κ3) is 5.62. The zero-order valence-corrected chi connectivity index (χ0v) is 12.9. The van der Waals surface area contributed by atoms with Crippen molar-refractivity contribution in [1.82, 2.24) is 5.32 Å². The lowest BCUT2D eigenvalue weighted by Gasteiger charge is -2.24. The molecule has 3 heteroatoms. The van der Waals surface area contributed by atoms with Crippen LogP contribution in [-0.2, 0) is 9.53 Å². The second-order valence-electron chi connectivity index (χ2n) is 5.82. The standard InChI is InChI=1S/C12H21NO.C4H10O/c1-2-5-12(14)11-8-9-6-3-4-7-10(9)13-11;1-3-4-5-2/h9-11,13H,2-8H2,1H3;3-4H2,1-2H3. The number of ether oxygens (including phenoxy) is 1. The third-order valence-corrected chi connectivity index (χ3v) is 4.16. The highest BCUT2D eigenvalue weighted by Gasteiger charge is 2.37. The molecule has 0 spiro atoms. The number of carbonyl (C=O) groups is 1.